The van der Waals surface area contributed by atoms with Crippen molar-refractivity contribution < 1.29 is 4.39 Å². The molecule has 0 radical (unpaired) electrons. The SMILES string of the molecule is CCNC(=NCC(C)(C)SC)NCCc1cccc(F)c1. The van der Waals surface area contributed by atoms with Crippen molar-refractivity contribution in [3.05, 3.63) is 35.6 Å². The van der Waals surface area contributed by atoms with Crippen molar-refractivity contribution >= 4 is 17.7 Å². The van der Waals surface area contributed by atoms with Crippen LogP contribution < -0.4 is 10.6 Å². The summed E-state index contributed by atoms with van der Waals surface area (Å²) in [4.78, 5) is 4.60. The summed E-state index contributed by atoms with van der Waals surface area (Å²) in [6.45, 7) is 8.71. The molecule has 0 fully saturated rings. The van der Waals surface area contributed by atoms with E-state index in [1.807, 2.05) is 13.0 Å². The molecule has 3 nitrogen and oxygen atoms in total. The molecule has 0 bridgehead atoms. The minimum absolute atomic E-state index is 0.130. The van der Waals surface area contributed by atoms with Crippen LogP contribution in [-0.2, 0) is 6.42 Å². The monoisotopic (exact) mass is 311 g/mol. The molecule has 118 valence electrons. The van der Waals surface area contributed by atoms with Gasteiger partial charge in [0.1, 0.15) is 5.82 Å². The van der Waals surface area contributed by atoms with Crippen LogP contribution in [0.4, 0.5) is 4.39 Å². The molecule has 0 heterocycles. The molecule has 0 aromatic heterocycles. The predicted octanol–water partition coefficient (Wildman–Crippen LogP) is 3.06. The number of aliphatic imine (C=N–C) groups is 1. The van der Waals surface area contributed by atoms with Gasteiger partial charge in [0.25, 0.3) is 0 Å². The smallest absolute Gasteiger partial charge is 0.191 e. The highest BCUT2D eigenvalue weighted by molar-refractivity contribution is 7.99. The lowest BCUT2D eigenvalue weighted by atomic mass is 10.1. The van der Waals surface area contributed by atoms with Gasteiger partial charge in [0.2, 0.25) is 0 Å². The highest BCUT2D eigenvalue weighted by atomic mass is 32.2. The van der Waals surface area contributed by atoms with Crippen LogP contribution in [0, 0.1) is 5.82 Å². The van der Waals surface area contributed by atoms with Gasteiger partial charge in [-0.3, -0.25) is 4.99 Å². The second kappa shape index (κ2) is 8.93. The van der Waals surface area contributed by atoms with Gasteiger partial charge in [0.05, 0.1) is 6.54 Å². The first kappa shape index (κ1) is 17.8. The third-order valence-corrected chi connectivity index (χ3v) is 4.34. The first-order valence-electron chi connectivity index (χ1n) is 7.28. The van der Waals surface area contributed by atoms with Crippen LogP contribution in [0.1, 0.15) is 26.3 Å². The molecule has 0 aliphatic carbocycles. The number of halogens is 1. The first-order chi connectivity index (χ1) is 9.96. The number of hydrogen-bond donors (Lipinski definition) is 2. The number of nitrogens with zero attached hydrogens (tertiary/aromatic N) is 1. The number of thioether (sulfide) groups is 1. The van der Waals surface area contributed by atoms with E-state index in [4.69, 9.17) is 0 Å². The molecular formula is C16H26FN3S. The van der Waals surface area contributed by atoms with Crippen LogP contribution in [0.5, 0.6) is 0 Å². The van der Waals surface area contributed by atoms with Gasteiger partial charge in [-0.15, -0.1) is 0 Å². The van der Waals surface area contributed by atoms with Crippen LogP contribution >= 0.6 is 11.8 Å². The maximum Gasteiger partial charge on any atom is 0.191 e. The Hall–Kier alpha value is -1.23. The van der Waals surface area contributed by atoms with Gasteiger partial charge in [0.15, 0.2) is 5.96 Å². The van der Waals surface area contributed by atoms with E-state index in [2.05, 4.69) is 35.7 Å². The highest BCUT2D eigenvalue weighted by Gasteiger charge is 2.15. The molecular weight excluding hydrogens is 285 g/mol. The number of rotatable bonds is 7. The maximum atomic E-state index is 13.1. The molecule has 0 saturated heterocycles. The Bertz CT molecular complexity index is 461. The van der Waals surface area contributed by atoms with E-state index in [-0.39, 0.29) is 10.6 Å². The number of guanidine groups is 1. The number of hydrogen-bond acceptors (Lipinski definition) is 2. The summed E-state index contributed by atoms with van der Waals surface area (Å²) >= 11 is 1.81. The van der Waals surface area contributed by atoms with Crippen LogP contribution in [0.3, 0.4) is 0 Å². The summed E-state index contributed by atoms with van der Waals surface area (Å²) in [5, 5.41) is 6.52. The molecule has 0 saturated carbocycles. The van der Waals surface area contributed by atoms with E-state index in [0.29, 0.717) is 0 Å². The summed E-state index contributed by atoms with van der Waals surface area (Å²) < 4.78 is 13.2. The van der Waals surface area contributed by atoms with Crippen LogP contribution in [0.2, 0.25) is 0 Å². The van der Waals surface area contributed by atoms with Gasteiger partial charge < -0.3 is 10.6 Å². The molecule has 0 unspecified atom stereocenters. The quantitative estimate of drug-likeness (QED) is 0.600. The molecule has 0 amide bonds. The average Bonchev–Trinajstić information content (AvgIpc) is 2.45. The van der Waals surface area contributed by atoms with Gasteiger partial charge in [-0.1, -0.05) is 12.1 Å². The topological polar surface area (TPSA) is 36.4 Å². The van der Waals surface area contributed by atoms with Gasteiger partial charge in [-0.05, 0) is 51.1 Å². The number of benzene rings is 1. The Morgan fingerprint density at radius 3 is 2.71 bits per heavy atom. The third-order valence-electron chi connectivity index (χ3n) is 3.11. The van der Waals surface area contributed by atoms with Crippen molar-refractivity contribution in [3.63, 3.8) is 0 Å². The van der Waals surface area contributed by atoms with Gasteiger partial charge in [0, 0.05) is 17.8 Å². The molecule has 0 atom stereocenters. The predicted molar refractivity (Wildman–Crippen MR) is 91.7 cm³/mol. The lowest BCUT2D eigenvalue weighted by molar-refractivity contribution is 0.625. The Labute approximate surface area is 131 Å². The molecule has 5 heteroatoms. The van der Waals surface area contributed by atoms with Gasteiger partial charge in [-0.25, -0.2) is 4.39 Å². The minimum atomic E-state index is -0.185. The van der Waals surface area contributed by atoms with Crippen LogP contribution in [0.15, 0.2) is 29.3 Å². The fraction of sp³-hybridized carbons (Fsp3) is 0.562. The largest absolute Gasteiger partial charge is 0.357 e. The van der Waals surface area contributed by atoms with Crippen molar-refractivity contribution in [1.29, 1.82) is 0 Å². The van der Waals surface area contributed by atoms with Crippen LogP contribution in [0.25, 0.3) is 0 Å². The Morgan fingerprint density at radius 1 is 1.33 bits per heavy atom. The highest BCUT2D eigenvalue weighted by Crippen LogP contribution is 2.20. The Balaban J connectivity index is 2.49. The average molecular weight is 311 g/mol. The van der Waals surface area contributed by atoms with E-state index in [9.17, 15) is 4.39 Å². The second-order valence-electron chi connectivity index (χ2n) is 5.47. The fourth-order valence-corrected chi connectivity index (χ4v) is 1.89. The molecule has 1 rings (SSSR count). The normalized spacial score (nSPS) is 12.3. The Morgan fingerprint density at radius 2 is 2.10 bits per heavy atom. The van der Waals surface area contributed by atoms with E-state index in [1.54, 1.807) is 23.9 Å². The molecule has 21 heavy (non-hydrogen) atoms. The summed E-state index contributed by atoms with van der Waals surface area (Å²) in [6.07, 6.45) is 2.87. The fourth-order valence-electron chi connectivity index (χ4n) is 1.69. The zero-order valence-corrected chi connectivity index (χ0v) is 14.2. The second-order valence-corrected chi connectivity index (χ2v) is 6.98. The van der Waals surface area contributed by atoms with E-state index < -0.39 is 0 Å². The van der Waals surface area contributed by atoms with E-state index >= 15 is 0 Å². The van der Waals surface area contributed by atoms with Crippen molar-refractivity contribution in [3.8, 4) is 0 Å². The summed E-state index contributed by atoms with van der Waals surface area (Å²) in [6, 6.07) is 6.71. The summed E-state index contributed by atoms with van der Waals surface area (Å²) in [7, 11) is 0. The summed E-state index contributed by atoms with van der Waals surface area (Å²) in [5.41, 5.74) is 0.989. The molecule has 2 N–H and O–H groups in total. The molecule has 1 aromatic rings. The lowest BCUT2D eigenvalue weighted by Crippen LogP contribution is -2.39. The molecule has 0 aliphatic heterocycles. The lowest BCUT2D eigenvalue weighted by Gasteiger charge is -2.20. The van der Waals surface area contributed by atoms with E-state index in [0.717, 1.165) is 37.6 Å². The zero-order valence-electron chi connectivity index (χ0n) is 13.4. The first-order valence-corrected chi connectivity index (χ1v) is 8.51. The van der Waals surface area contributed by atoms with Crippen LogP contribution in [-0.4, -0.2) is 36.6 Å². The van der Waals surface area contributed by atoms with Gasteiger partial charge in [-0.2, -0.15) is 11.8 Å². The molecule has 0 spiro atoms. The minimum Gasteiger partial charge on any atom is -0.357 e. The van der Waals surface area contributed by atoms with Crippen molar-refractivity contribution in [1.82, 2.24) is 10.6 Å². The van der Waals surface area contributed by atoms with E-state index in [1.165, 1.54) is 6.07 Å². The maximum absolute atomic E-state index is 13.1. The third kappa shape index (κ3) is 7.37. The van der Waals surface area contributed by atoms with Crippen molar-refractivity contribution in [2.45, 2.75) is 31.9 Å². The summed E-state index contributed by atoms with van der Waals surface area (Å²) in [5.74, 6) is 0.630. The number of nitrogens with one attached hydrogen (secondary N) is 2. The van der Waals surface area contributed by atoms with Crippen molar-refractivity contribution in [2.75, 3.05) is 25.9 Å². The molecule has 0 aliphatic rings. The van der Waals surface area contributed by atoms with Crippen molar-refractivity contribution in [2.24, 2.45) is 4.99 Å². The molecule has 1 aromatic carbocycles. The van der Waals surface area contributed by atoms with Gasteiger partial charge >= 0.3 is 0 Å². The Kier molecular flexibility index (Phi) is 7.57. The standard InChI is InChI=1S/C16H26FN3S/c1-5-18-15(20-12-16(2,3)21-4)19-10-9-13-7-6-8-14(17)11-13/h6-8,11H,5,9-10,12H2,1-4H3,(H2,18,19,20). The zero-order chi connectivity index (χ0) is 15.7.